The first-order chi connectivity index (χ1) is 10.2. The lowest BCUT2D eigenvalue weighted by atomic mass is 10.2. The lowest BCUT2D eigenvalue weighted by Crippen LogP contribution is -2.24. The molecule has 1 aliphatic rings. The number of carbonyl (C=O) groups excluding carboxylic acids is 1. The molecule has 4 N–H and O–H groups in total. The van der Waals surface area contributed by atoms with Crippen molar-refractivity contribution < 1.29 is 9.53 Å². The van der Waals surface area contributed by atoms with E-state index in [2.05, 4.69) is 15.5 Å². The summed E-state index contributed by atoms with van der Waals surface area (Å²) in [5, 5.41) is 9.74. The summed E-state index contributed by atoms with van der Waals surface area (Å²) in [6.07, 6.45) is 2.22. The van der Waals surface area contributed by atoms with Crippen LogP contribution in [-0.2, 0) is 6.54 Å². The molecule has 0 radical (unpaired) electrons. The van der Waals surface area contributed by atoms with Crippen LogP contribution in [0.1, 0.15) is 40.5 Å². The number of ether oxygens (including phenoxy) is 1. The molecule has 6 heteroatoms. The van der Waals surface area contributed by atoms with Gasteiger partial charge in [-0.05, 0) is 30.5 Å². The molecular weight excluding hydrogens is 268 g/mol. The molecule has 1 aromatic heterocycles. The molecule has 1 aromatic carbocycles. The predicted molar refractivity (Wildman–Crippen MR) is 79.1 cm³/mol. The van der Waals surface area contributed by atoms with Gasteiger partial charge in [-0.2, -0.15) is 5.10 Å². The van der Waals surface area contributed by atoms with Gasteiger partial charge < -0.3 is 15.8 Å². The Bertz CT molecular complexity index is 644. The monoisotopic (exact) mass is 286 g/mol. The second-order valence-corrected chi connectivity index (χ2v) is 5.20. The molecule has 0 atom stereocenters. The number of aromatic amines is 1. The van der Waals surface area contributed by atoms with Gasteiger partial charge in [0.05, 0.1) is 18.5 Å². The fourth-order valence-corrected chi connectivity index (χ4v) is 2.23. The summed E-state index contributed by atoms with van der Waals surface area (Å²) in [6, 6.07) is 7.52. The van der Waals surface area contributed by atoms with Crippen molar-refractivity contribution in [2.45, 2.75) is 25.3 Å². The molecule has 1 aliphatic carbocycles. The molecule has 2 aromatic rings. The third kappa shape index (κ3) is 2.84. The van der Waals surface area contributed by atoms with Crippen molar-refractivity contribution in [1.29, 1.82) is 0 Å². The van der Waals surface area contributed by atoms with Crippen molar-refractivity contribution in [3.8, 4) is 5.75 Å². The molecule has 110 valence electrons. The standard InChI is InChI=1S/C15H18N4O2/c1-21-11-6-2-9(3-7-11)8-17-15(20)14-12(16)13(18-19-14)10-4-5-10/h2-3,6-7,10H,4-5,8,16H2,1H3,(H,17,20)(H,18,19). The maximum absolute atomic E-state index is 12.1. The lowest BCUT2D eigenvalue weighted by Gasteiger charge is -2.05. The van der Waals surface area contributed by atoms with Gasteiger partial charge in [0.25, 0.3) is 5.91 Å². The average molecular weight is 286 g/mol. The minimum Gasteiger partial charge on any atom is -0.497 e. The zero-order valence-electron chi connectivity index (χ0n) is 11.8. The van der Waals surface area contributed by atoms with E-state index in [-0.39, 0.29) is 11.6 Å². The van der Waals surface area contributed by atoms with Crippen LogP contribution in [0.25, 0.3) is 0 Å². The number of nitrogens with zero attached hydrogens (tertiary/aromatic N) is 1. The Kier molecular flexibility index (Phi) is 3.51. The molecule has 6 nitrogen and oxygen atoms in total. The van der Waals surface area contributed by atoms with Crippen molar-refractivity contribution in [3.63, 3.8) is 0 Å². The minimum absolute atomic E-state index is 0.258. The average Bonchev–Trinajstić information content (AvgIpc) is 3.28. The highest BCUT2D eigenvalue weighted by Crippen LogP contribution is 2.42. The highest BCUT2D eigenvalue weighted by atomic mass is 16.5. The third-order valence-electron chi connectivity index (χ3n) is 3.65. The number of hydrogen-bond donors (Lipinski definition) is 3. The number of rotatable bonds is 5. The summed E-state index contributed by atoms with van der Waals surface area (Å²) in [6.45, 7) is 0.424. The van der Waals surface area contributed by atoms with Crippen molar-refractivity contribution in [1.82, 2.24) is 15.5 Å². The van der Waals surface area contributed by atoms with Crippen LogP contribution in [0.5, 0.6) is 5.75 Å². The molecule has 0 bridgehead atoms. The number of amides is 1. The number of benzene rings is 1. The van der Waals surface area contributed by atoms with Gasteiger partial charge in [-0.1, -0.05) is 12.1 Å². The zero-order chi connectivity index (χ0) is 14.8. The Morgan fingerprint density at radius 3 is 2.76 bits per heavy atom. The number of hydrogen-bond acceptors (Lipinski definition) is 4. The second-order valence-electron chi connectivity index (χ2n) is 5.20. The first-order valence-corrected chi connectivity index (χ1v) is 6.94. The van der Waals surface area contributed by atoms with Gasteiger partial charge in [-0.3, -0.25) is 9.89 Å². The Hall–Kier alpha value is -2.50. The number of nitrogen functional groups attached to an aromatic ring is 1. The van der Waals surface area contributed by atoms with Gasteiger partial charge in [-0.15, -0.1) is 0 Å². The van der Waals surface area contributed by atoms with Crippen molar-refractivity contribution >= 4 is 11.6 Å². The van der Waals surface area contributed by atoms with Crippen molar-refractivity contribution in [3.05, 3.63) is 41.2 Å². The molecule has 0 saturated heterocycles. The van der Waals surface area contributed by atoms with E-state index in [1.54, 1.807) is 7.11 Å². The van der Waals surface area contributed by atoms with Gasteiger partial charge in [-0.25, -0.2) is 0 Å². The number of aromatic nitrogens is 2. The Morgan fingerprint density at radius 2 is 2.14 bits per heavy atom. The third-order valence-corrected chi connectivity index (χ3v) is 3.65. The van der Waals surface area contributed by atoms with Crippen LogP contribution in [0.2, 0.25) is 0 Å². The molecule has 21 heavy (non-hydrogen) atoms. The molecule has 1 heterocycles. The van der Waals surface area contributed by atoms with Crippen molar-refractivity contribution in [2.24, 2.45) is 0 Å². The molecule has 1 fully saturated rings. The van der Waals surface area contributed by atoms with Crippen LogP contribution in [-0.4, -0.2) is 23.2 Å². The Balaban J connectivity index is 1.63. The lowest BCUT2D eigenvalue weighted by molar-refractivity contribution is 0.0947. The molecule has 0 unspecified atom stereocenters. The summed E-state index contributed by atoms with van der Waals surface area (Å²) in [5.41, 5.74) is 8.62. The smallest absolute Gasteiger partial charge is 0.274 e. The number of carbonyl (C=O) groups is 1. The normalized spacial score (nSPS) is 14.0. The van der Waals surface area contributed by atoms with Gasteiger partial charge >= 0.3 is 0 Å². The van der Waals surface area contributed by atoms with E-state index in [0.29, 0.717) is 18.2 Å². The number of methoxy groups -OCH3 is 1. The van der Waals surface area contributed by atoms with Crippen LogP contribution in [0.15, 0.2) is 24.3 Å². The summed E-state index contributed by atoms with van der Waals surface area (Å²) < 4.78 is 5.09. The van der Waals surface area contributed by atoms with E-state index in [0.717, 1.165) is 29.8 Å². The number of H-pyrrole nitrogens is 1. The minimum atomic E-state index is -0.258. The van der Waals surface area contributed by atoms with Gasteiger partial charge in [0, 0.05) is 12.5 Å². The molecular formula is C15H18N4O2. The Morgan fingerprint density at radius 1 is 1.43 bits per heavy atom. The van der Waals surface area contributed by atoms with E-state index < -0.39 is 0 Å². The number of anilines is 1. The molecule has 1 saturated carbocycles. The van der Waals surface area contributed by atoms with Gasteiger partial charge in [0.15, 0.2) is 5.69 Å². The van der Waals surface area contributed by atoms with Gasteiger partial charge in [0.1, 0.15) is 5.75 Å². The molecule has 1 amide bonds. The van der Waals surface area contributed by atoms with E-state index >= 15 is 0 Å². The van der Waals surface area contributed by atoms with Gasteiger partial charge in [0.2, 0.25) is 0 Å². The second kappa shape index (κ2) is 5.47. The highest BCUT2D eigenvalue weighted by molar-refractivity contribution is 5.97. The summed E-state index contributed by atoms with van der Waals surface area (Å²) in [5.74, 6) is 0.975. The fraction of sp³-hybridized carbons (Fsp3) is 0.333. The largest absolute Gasteiger partial charge is 0.497 e. The first-order valence-electron chi connectivity index (χ1n) is 6.94. The van der Waals surface area contributed by atoms with Crippen LogP contribution >= 0.6 is 0 Å². The van der Waals surface area contributed by atoms with Crippen LogP contribution < -0.4 is 15.8 Å². The van der Waals surface area contributed by atoms with E-state index in [1.807, 2.05) is 24.3 Å². The molecule has 0 aliphatic heterocycles. The maximum atomic E-state index is 12.1. The summed E-state index contributed by atoms with van der Waals surface area (Å²) in [4.78, 5) is 12.1. The Labute approximate surface area is 122 Å². The van der Waals surface area contributed by atoms with Crippen LogP contribution in [0, 0.1) is 0 Å². The fourth-order valence-electron chi connectivity index (χ4n) is 2.23. The maximum Gasteiger partial charge on any atom is 0.274 e. The topological polar surface area (TPSA) is 93.0 Å². The molecule has 0 spiro atoms. The van der Waals surface area contributed by atoms with Crippen LogP contribution in [0.4, 0.5) is 5.69 Å². The zero-order valence-corrected chi connectivity index (χ0v) is 11.8. The summed E-state index contributed by atoms with van der Waals surface area (Å²) in [7, 11) is 1.62. The highest BCUT2D eigenvalue weighted by Gasteiger charge is 2.30. The molecule has 3 rings (SSSR count). The van der Waals surface area contributed by atoms with Crippen LogP contribution in [0.3, 0.4) is 0 Å². The van der Waals surface area contributed by atoms with E-state index in [9.17, 15) is 4.79 Å². The quantitative estimate of drug-likeness (QED) is 0.781. The number of nitrogens with two attached hydrogens (primary N) is 1. The number of nitrogens with one attached hydrogen (secondary N) is 2. The van der Waals surface area contributed by atoms with E-state index in [1.165, 1.54) is 0 Å². The SMILES string of the molecule is COc1ccc(CNC(=O)c2n[nH]c(C3CC3)c2N)cc1. The van der Waals surface area contributed by atoms with E-state index in [4.69, 9.17) is 10.5 Å². The first kappa shape index (κ1) is 13.5. The summed E-state index contributed by atoms with van der Waals surface area (Å²) >= 11 is 0. The van der Waals surface area contributed by atoms with Crippen molar-refractivity contribution in [2.75, 3.05) is 12.8 Å². The predicted octanol–water partition coefficient (Wildman–Crippen LogP) is 1.81.